The quantitative estimate of drug-likeness (QED) is 0.870. The predicted octanol–water partition coefficient (Wildman–Crippen LogP) is 1.76. The Morgan fingerprint density at radius 2 is 2.24 bits per heavy atom. The number of amides is 2. The molecule has 2 unspecified atom stereocenters. The van der Waals surface area contributed by atoms with Crippen molar-refractivity contribution in [2.75, 3.05) is 19.7 Å². The van der Waals surface area contributed by atoms with E-state index in [4.69, 9.17) is 4.74 Å². The highest BCUT2D eigenvalue weighted by molar-refractivity contribution is 5.74. The Bertz CT molecular complexity index is 466. The summed E-state index contributed by atoms with van der Waals surface area (Å²) >= 11 is 0. The van der Waals surface area contributed by atoms with E-state index in [1.54, 1.807) is 17.0 Å². The molecule has 0 aromatic heterocycles. The van der Waals surface area contributed by atoms with E-state index in [0.717, 1.165) is 12.8 Å². The maximum absolute atomic E-state index is 12.8. The normalized spacial score (nSPS) is 19.4. The van der Waals surface area contributed by atoms with Crippen molar-refractivity contribution in [2.45, 2.75) is 31.9 Å². The topological polar surface area (TPSA) is 61.8 Å². The Labute approximate surface area is 123 Å². The second kappa shape index (κ2) is 7.26. The monoisotopic (exact) mass is 296 g/mol. The third kappa shape index (κ3) is 4.32. The molecule has 0 aliphatic carbocycles. The summed E-state index contributed by atoms with van der Waals surface area (Å²) in [6.07, 6.45) is 1.53. The van der Waals surface area contributed by atoms with Crippen LogP contribution in [0.3, 0.4) is 0 Å². The number of carbonyl (C=O) groups excluding carboxylic acids is 1. The summed E-state index contributed by atoms with van der Waals surface area (Å²) in [5.41, 5.74) is 0. The lowest BCUT2D eigenvalue weighted by molar-refractivity contribution is 0.151. The minimum absolute atomic E-state index is 0.00491. The van der Waals surface area contributed by atoms with Crippen molar-refractivity contribution in [1.82, 2.24) is 10.2 Å². The van der Waals surface area contributed by atoms with E-state index >= 15 is 0 Å². The van der Waals surface area contributed by atoms with Crippen molar-refractivity contribution < 1.29 is 19.0 Å². The van der Waals surface area contributed by atoms with Gasteiger partial charge in [0.15, 0.2) is 0 Å². The molecule has 2 amide bonds. The first kappa shape index (κ1) is 15.6. The summed E-state index contributed by atoms with van der Waals surface area (Å²) in [7, 11) is 0. The summed E-state index contributed by atoms with van der Waals surface area (Å²) in [6, 6.07) is 5.50. The van der Waals surface area contributed by atoms with Gasteiger partial charge in [0.1, 0.15) is 17.7 Å². The van der Waals surface area contributed by atoms with Gasteiger partial charge in [0.05, 0.1) is 19.2 Å². The van der Waals surface area contributed by atoms with Crippen LogP contribution in [-0.2, 0) is 0 Å². The number of halogens is 1. The van der Waals surface area contributed by atoms with Gasteiger partial charge in [-0.25, -0.2) is 9.18 Å². The molecule has 1 fully saturated rings. The molecule has 1 aromatic rings. The Kier molecular flexibility index (Phi) is 5.38. The molecule has 0 spiro atoms. The number of ether oxygens (including phenoxy) is 1. The van der Waals surface area contributed by atoms with Gasteiger partial charge < -0.3 is 20.1 Å². The average molecular weight is 296 g/mol. The number of likely N-dealkylation sites (tertiary alicyclic amines) is 1. The van der Waals surface area contributed by atoms with Crippen LogP contribution in [0.25, 0.3) is 0 Å². The number of aliphatic hydroxyl groups is 1. The zero-order chi connectivity index (χ0) is 15.2. The van der Waals surface area contributed by atoms with E-state index < -0.39 is 0 Å². The molecule has 1 aliphatic heterocycles. The molecule has 5 nitrogen and oxygen atoms in total. The van der Waals surface area contributed by atoms with Crippen LogP contribution in [0.5, 0.6) is 5.75 Å². The first-order valence-corrected chi connectivity index (χ1v) is 7.17. The fourth-order valence-electron chi connectivity index (χ4n) is 2.41. The van der Waals surface area contributed by atoms with Gasteiger partial charge in [0, 0.05) is 6.54 Å². The van der Waals surface area contributed by atoms with Crippen LogP contribution in [0.15, 0.2) is 24.3 Å². The second-order valence-electron chi connectivity index (χ2n) is 5.24. The highest BCUT2D eigenvalue weighted by Crippen LogP contribution is 2.16. The van der Waals surface area contributed by atoms with Gasteiger partial charge in [-0.15, -0.1) is 0 Å². The third-order valence-corrected chi connectivity index (χ3v) is 3.54. The minimum atomic E-state index is -0.313. The largest absolute Gasteiger partial charge is 0.489 e. The highest BCUT2D eigenvalue weighted by Gasteiger charge is 2.27. The maximum Gasteiger partial charge on any atom is 0.317 e. The van der Waals surface area contributed by atoms with E-state index in [9.17, 15) is 14.3 Å². The van der Waals surface area contributed by atoms with Gasteiger partial charge in [0.2, 0.25) is 0 Å². The molecule has 2 N–H and O–H groups in total. The molecule has 116 valence electrons. The van der Waals surface area contributed by atoms with Gasteiger partial charge in [-0.2, -0.15) is 0 Å². The zero-order valence-electron chi connectivity index (χ0n) is 12.1. The summed E-state index contributed by atoms with van der Waals surface area (Å²) in [5.74, 6) is 0.250. The Morgan fingerprint density at radius 3 is 2.90 bits per heavy atom. The smallest absolute Gasteiger partial charge is 0.317 e. The Hall–Kier alpha value is -1.82. The fraction of sp³-hybridized carbons (Fsp3) is 0.533. The average Bonchev–Trinajstić information content (AvgIpc) is 2.96. The molecular weight excluding hydrogens is 275 g/mol. The number of nitrogens with one attached hydrogen (secondary N) is 1. The van der Waals surface area contributed by atoms with Crippen LogP contribution in [0.2, 0.25) is 0 Å². The maximum atomic E-state index is 12.8. The summed E-state index contributed by atoms with van der Waals surface area (Å²) in [4.78, 5) is 13.7. The van der Waals surface area contributed by atoms with E-state index in [-0.39, 0.29) is 30.6 Å². The van der Waals surface area contributed by atoms with Crippen molar-refractivity contribution >= 4 is 6.03 Å². The van der Waals surface area contributed by atoms with Crippen LogP contribution in [0, 0.1) is 5.82 Å². The number of urea groups is 1. The molecule has 6 heteroatoms. The Balaban J connectivity index is 1.77. The van der Waals surface area contributed by atoms with Gasteiger partial charge >= 0.3 is 6.03 Å². The third-order valence-electron chi connectivity index (χ3n) is 3.54. The number of hydrogen-bond acceptors (Lipinski definition) is 3. The Morgan fingerprint density at radius 1 is 1.52 bits per heavy atom. The number of nitrogens with zero attached hydrogens (tertiary/aromatic N) is 1. The second-order valence-corrected chi connectivity index (χ2v) is 5.24. The number of benzene rings is 1. The first-order valence-electron chi connectivity index (χ1n) is 7.17. The van der Waals surface area contributed by atoms with Crippen LogP contribution in [0.1, 0.15) is 19.8 Å². The standard InChI is InChI=1S/C15H21FN2O3/c1-11(21-14-6-4-12(16)5-7-14)9-17-15(20)18-8-2-3-13(18)10-19/h4-7,11,13,19H,2-3,8-10H2,1H3,(H,17,20). The zero-order valence-corrected chi connectivity index (χ0v) is 12.1. The molecule has 0 radical (unpaired) electrons. The lowest BCUT2D eigenvalue weighted by atomic mass is 10.2. The lowest BCUT2D eigenvalue weighted by Gasteiger charge is -2.24. The summed E-state index contributed by atoms with van der Waals surface area (Å²) < 4.78 is 18.4. The van der Waals surface area contributed by atoms with Gasteiger partial charge in [-0.1, -0.05) is 0 Å². The van der Waals surface area contributed by atoms with Gasteiger partial charge in [0.25, 0.3) is 0 Å². The molecule has 0 saturated carbocycles. The van der Waals surface area contributed by atoms with E-state index in [2.05, 4.69) is 5.32 Å². The number of aliphatic hydroxyl groups excluding tert-OH is 1. The molecule has 0 bridgehead atoms. The lowest BCUT2D eigenvalue weighted by Crippen LogP contribution is -2.46. The highest BCUT2D eigenvalue weighted by atomic mass is 19.1. The summed E-state index contributed by atoms with van der Waals surface area (Å²) in [6.45, 7) is 2.85. The van der Waals surface area contributed by atoms with Crippen molar-refractivity contribution in [2.24, 2.45) is 0 Å². The molecule has 1 aliphatic rings. The van der Waals surface area contributed by atoms with Crippen LogP contribution < -0.4 is 10.1 Å². The van der Waals surface area contributed by atoms with E-state index in [1.165, 1.54) is 12.1 Å². The summed E-state index contributed by atoms with van der Waals surface area (Å²) in [5, 5.41) is 12.0. The van der Waals surface area contributed by atoms with E-state index in [0.29, 0.717) is 18.8 Å². The first-order chi connectivity index (χ1) is 10.1. The number of carbonyl (C=O) groups is 1. The molecule has 2 rings (SSSR count). The van der Waals surface area contributed by atoms with Crippen molar-refractivity contribution in [1.29, 1.82) is 0 Å². The van der Waals surface area contributed by atoms with E-state index in [1.807, 2.05) is 6.92 Å². The molecule has 1 saturated heterocycles. The van der Waals surface area contributed by atoms with Crippen molar-refractivity contribution in [3.05, 3.63) is 30.1 Å². The van der Waals surface area contributed by atoms with Crippen LogP contribution in [-0.4, -0.2) is 47.9 Å². The number of hydrogen-bond donors (Lipinski definition) is 2. The molecule has 2 atom stereocenters. The fourth-order valence-corrected chi connectivity index (χ4v) is 2.41. The molecule has 1 aromatic carbocycles. The van der Waals surface area contributed by atoms with Gasteiger partial charge in [-0.3, -0.25) is 0 Å². The number of rotatable bonds is 5. The van der Waals surface area contributed by atoms with Crippen LogP contribution >= 0.6 is 0 Å². The van der Waals surface area contributed by atoms with Gasteiger partial charge in [-0.05, 0) is 44.0 Å². The van der Waals surface area contributed by atoms with Crippen LogP contribution in [0.4, 0.5) is 9.18 Å². The molecule has 1 heterocycles. The van der Waals surface area contributed by atoms with Crippen molar-refractivity contribution in [3.8, 4) is 5.75 Å². The SMILES string of the molecule is CC(CNC(=O)N1CCCC1CO)Oc1ccc(F)cc1. The van der Waals surface area contributed by atoms with Crippen molar-refractivity contribution in [3.63, 3.8) is 0 Å². The molecule has 21 heavy (non-hydrogen) atoms. The molecular formula is C15H21FN2O3. The predicted molar refractivity (Wildman–Crippen MR) is 76.7 cm³/mol. The minimum Gasteiger partial charge on any atom is -0.489 e.